The molecule has 1 atom stereocenters. The fourth-order valence-electron chi connectivity index (χ4n) is 1.44. The van der Waals surface area contributed by atoms with Crippen LogP contribution in [0.15, 0.2) is 24.3 Å². The zero-order valence-electron chi connectivity index (χ0n) is 12.3. The quantitative estimate of drug-likeness (QED) is 0.789. The maximum atomic E-state index is 11.4. The second-order valence-electron chi connectivity index (χ2n) is 4.81. The van der Waals surface area contributed by atoms with Gasteiger partial charge in [-0.3, -0.25) is 4.79 Å². The molecule has 114 valence electrons. The van der Waals surface area contributed by atoms with Gasteiger partial charge < -0.3 is 20.7 Å². The molecule has 0 aliphatic heterocycles. The fraction of sp³-hybridized carbons (Fsp3) is 0.500. The van der Waals surface area contributed by atoms with E-state index in [9.17, 15) is 4.79 Å². The Kier molecular flexibility index (Phi) is 8.96. The van der Waals surface area contributed by atoms with Crippen LogP contribution >= 0.6 is 12.4 Å². The van der Waals surface area contributed by atoms with Crippen LogP contribution in [-0.4, -0.2) is 44.1 Å². The molecular formula is C14H24ClN3O2. The van der Waals surface area contributed by atoms with Crippen LogP contribution in [0.3, 0.4) is 0 Å². The van der Waals surface area contributed by atoms with Crippen molar-refractivity contribution in [2.24, 2.45) is 5.73 Å². The molecule has 1 aromatic carbocycles. The highest BCUT2D eigenvalue weighted by molar-refractivity contribution is 5.85. The Morgan fingerprint density at radius 3 is 2.75 bits per heavy atom. The van der Waals surface area contributed by atoms with E-state index in [2.05, 4.69) is 10.2 Å². The van der Waals surface area contributed by atoms with E-state index in [0.29, 0.717) is 13.2 Å². The summed E-state index contributed by atoms with van der Waals surface area (Å²) in [5.74, 6) is 0.660. The first-order valence-electron chi connectivity index (χ1n) is 6.39. The van der Waals surface area contributed by atoms with Crippen molar-refractivity contribution >= 4 is 18.3 Å². The maximum absolute atomic E-state index is 11.4. The summed E-state index contributed by atoms with van der Waals surface area (Å²) >= 11 is 0. The van der Waals surface area contributed by atoms with Crippen LogP contribution in [0.1, 0.15) is 12.5 Å². The summed E-state index contributed by atoms with van der Waals surface area (Å²) in [6, 6.07) is 7.21. The normalized spacial score (nSPS) is 11.7. The molecule has 0 radical (unpaired) electrons. The molecule has 0 aromatic heterocycles. The number of ether oxygens (including phenoxy) is 1. The summed E-state index contributed by atoms with van der Waals surface area (Å²) in [7, 11) is 4.01. The third kappa shape index (κ3) is 7.33. The highest BCUT2D eigenvalue weighted by Gasteiger charge is 2.06. The van der Waals surface area contributed by atoms with Gasteiger partial charge in [0.2, 0.25) is 5.91 Å². The Hall–Kier alpha value is -1.30. The summed E-state index contributed by atoms with van der Waals surface area (Å²) < 4.78 is 5.63. The second kappa shape index (κ2) is 9.58. The highest BCUT2D eigenvalue weighted by atomic mass is 35.5. The molecule has 0 heterocycles. The smallest absolute Gasteiger partial charge is 0.236 e. The van der Waals surface area contributed by atoms with Gasteiger partial charge in [-0.2, -0.15) is 0 Å². The largest absolute Gasteiger partial charge is 0.492 e. The van der Waals surface area contributed by atoms with Crippen LogP contribution in [0.25, 0.3) is 0 Å². The van der Waals surface area contributed by atoms with Gasteiger partial charge in [-0.05, 0) is 38.7 Å². The number of hydrogen-bond donors (Lipinski definition) is 2. The monoisotopic (exact) mass is 301 g/mol. The van der Waals surface area contributed by atoms with E-state index in [1.807, 2.05) is 38.4 Å². The number of likely N-dealkylation sites (N-methyl/N-ethyl adjacent to an activating group) is 1. The average molecular weight is 302 g/mol. The number of nitrogens with one attached hydrogen (secondary N) is 1. The lowest BCUT2D eigenvalue weighted by atomic mass is 10.2. The third-order valence-electron chi connectivity index (χ3n) is 2.59. The summed E-state index contributed by atoms with van der Waals surface area (Å²) in [6.45, 7) is 3.63. The van der Waals surface area contributed by atoms with Crippen LogP contribution in [0.2, 0.25) is 0 Å². The molecule has 0 fully saturated rings. The van der Waals surface area contributed by atoms with Crippen molar-refractivity contribution in [1.82, 2.24) is 10.2 Å². The predicted molar refractivity (Wildman–Crippen MR) is 83.2 cm³/mol. The lowest BCUT2D eigenvalue weighted by molar-refractivity contribution is -0.122. The van der Waals surface area contributed by atoms with Gasteiger partial charge in [-0.15, -0.1) is 12.4 Å². The number of halogens is 1. The second-order valence-corrected chi connectivity index (χ2v) is 4.81. The number of carbonyl (C=O) groups is 1. The highest BCUT2D eigenvalue weighted by Crippen LogP contribution is 2.13. The Labute approximate surface area is 126 Å². The molecule has 0 bridgehead atoms. The van der Waals surface area contributed by atoms with E-state index in [0.717, 1.165) is 17.9 Å². The summed E-state index contributed by atoms with van der Waals surface area (Å²) in [5, 5.41) is 2.77. The minimum Gasteiger partial charge on any atom is -0.492 e. The number of amides is 1. The van der Waals surface area contributed by atoms with E-state index < -0.39 is 6.04 Å². The first-order valence-corrected chi connectivity index (χ1v) is 6.39. The molecule has 1 unspecified atom stereocenters. The number of nitrogens with zero attached hydrogens (tertiary/aromatic N) is 1. The number of carbonyl (C=O) groups excluding carboxylic acids is 1. The van der Waals surface area contributed by atoms with Gasteiger partial charge in [-0.1, -0.05) is 12.1 Å². The molecule has 3 N–H and O–H groups in total. The molecule has 6 heteroatoms. The molecule has 20 heavy (non-hydrogen) atoms. The van der Waals surface area contributed by atoms with E-state index in [1.165, 1.54) is 0 Å². The van der Waals surface area contributed by atoms with Crippen LogP contribution in [0.5, 0.6) is 5.75 Å². The van der Waals surface area contributed by atoms with E-state index in [4.69, 9.17) is 10.5 Å². The molecular weight excluding hydrogens is 278 g/mol. The van der Waals surface area contributed by atoms with Crippen LogP contribution in [0, 0.1) is 0 Å². The zero-order valence-corrected chi connectivity index (χ0v) is 13.1. The minimum absolute atomic E-state index is 0. The van der Waals surface area contributed by atoms with Gasteiger partial charge in [0.15, 0.2) is 0 Å². The van der Waals surface area contributed by atoms with Crippen molar-refractivity contribution in [3.63, 3.8) is 0 Å². The maximum Gasteiger partial charge on any atom is 0.236 e. The number of benzene rings is 1. The predicted octanol–water partition coefficient (Wildman–Crippen LogP) is 1.01. The van der Waals surface area contributed by atoms with Crippen molar-refractivity contribution in [1.29, 1.82) is 0 Å². The molecule has 1 aromatic rings. The standard InChI is InChI=1S/C14H23N3O2.ClH/c1-11(15)14(18)16-10-12-5-4-6-13(9-12)19-8-7-17(2)3;/h4-6,9,11H,7-8,10,15H2,1-3H3,(H,16,18);1H. The summed E-state index contributed by atoms with van der Waals surface area (Å²) in [5.41, 5.74) is 6.48. The van der Waals surface area contributed by atoms with Gasteiger partial charge in [0.25, 0.3) is 0 Å². The van der Waals surface area contributed by atoms with Crippen molar-refractivity contribution in [3.05, 3.63) is 29.8 Å². The van der Waals surface area contributed by atoms with Crippen molar-refractivity contribution < 1.29 is 9.53 Å². The molecule has 0 saturated heterocycles. The van der Waals surface area contributed by atoms with Crippen molar-refractivity contribution in [2.45, 2.75) is 19.5 Å². The Morgan fingerprint density at radius 1 is 1.45 bits per heavy atom. The first kappa shape index (κ1) is 18.7. The molecule has 1 amide bonds. The number of rotatable bonds is 7. The van der Waals surface area contributed by atoms with E-state index in [1.54, 1.807) is 6.92 Å². The van der Waals surface area contributed by atoms with Crippen LogP contribution in [0.4, 0.5) is 0 Å². The SMILES string of the molecule is CC(N)C(=O)NCc1cccc(OCCN(C)C)c1.Cl. The van der Waals surface area contributed by atoms with Crippen molar-refractivity contribution in [2.75, 3.05) is 27.2 Å². The van der Waals surface area contributed by atoms with Gasteiger partial charge in [0, 0.05) is 13.1 Å². The topological polar surface area (TPSA) is 67.6 Å². The van der Waals surface area contributed by atoms with Crippen LogP contribution in [-0.2, 0) is 11.3 Å². The first-order chi connectivity index (χ1) is 8.99. The van der Waals surface area contributed by atoms with Gasteiger partial charge in [0.05, 0.1) is 6.04 Å². The number of hydrogen-bond acceptors (Lipinski definition) is 4. The zero-order chi connectivity index (χ0) is 14.3. The molecule has 0 aliphatic rings. The average Bonchev–Trinajstić information content (AvgIpc) is 2.36. The molecule has 0 spiro atoms. The van der Waals surface area contributed by atoms with E-state index >= 15 is 0 Å². The third-order valence-corrected chi connectivity index (χ3v) is 2.59. The summed E-state index contributed by atoms with van der Waals surface area (Å²) in [4.78, 5) is 13.4. The lowest BCUT2D eigenvalue weighted by Crippen LogP contribution is -2.37. The minimum atomic E-state index is -0.487. The van der Waals surface area contributed by atoms with Gasteiger partial charge in [0.1, 0.15) is 12.4 Å². The Bertz CT molecular complexity index is 411. The molecule has 5 nitrogen and oxygen atoms in total. The summed E-state index contributed by atoms with van der Waals surface area (Å²) in [6.07, 6.45) is 0. The fourth-order valence-corrected chi connectivity index (χ4v) is 1.44. The lowest BCUT2D eigenvalue weighted by Gasteiger charge is -2.12. The van der Waals surface area contributed by atoms with Gasteiger partial charge in [-0.25, -0.2) is 0 Å². The van der Waals surface area contributed by atoms with Crippen LogP contribution < -0.4 is 15.8 Å². The molecule has 0 aliphatic carbocycles. The molecule has 0 saturated carbocycles. The Balaban J connectivity index is 0.00000361. The van der Waals surface area contributed by atoms with E-state index in [-0.39, 0.29) is 18.3 Å². The van der Waals surface area contributed by atoms with Crippen molar-refractivity contribution in [3.8, 4) is 5.75 Å². The number of nitrogens with two attached hydrogens (primary N) is 1. The Morgan fingerprint density at radius 2 is 2.15 bits per heavy atom. The molecule has 1 rings (SSSR count). The van der Waals surface area contributed by atoms with Gasteiger partial charge >= 0.3 is 0 Å².